The molecular formula is C55H38N6S2. The summed E-state index contributed by atoms with van der Waals surface area (Å²) < 4.78 is 5.91. The fourth-order valence-corrected chi connectivity index (χ4v) is 10.8. The molecule has 4 aromatic heterocycles. The number of anilines is 1. The first kappa shape index (κ1) is 38.2. The molecule has 4 heterocycles. The molecule has 0 aliphatic heterocycles. The number of rotatable bonds is 6. The second-order valence-electron chi connectivity index (χ2n) is 15.4. The van der Waals surface area contributed by atoms with Crippen LogP contribution in [0.4, 0.5) is 5.69 Å². The third-order valence-electron chi connectivity index (χ3n) is 11.5. The van der Waals surface area contributed by atoms with Crippen LogP contribution in [0.15, 0.2) is 194 Å². The van der Waals surface area contributed by atoms with Crippen molar-refractivity contribution in [3.8, 4) is 39.9 Å². The number of hydrogen-bond donors (Lipinski definition) is 2. The van der Waals surface area contributed by atoms with E-state index in [4.69, 9.17) is 26.1 Å². The maximum absolute atomic E-state index is 8.95. The van der Waals surface area contributed by atoms with Crippen LogP contribution in [0.5, 0.6) is 0 Å². The van der Waals surface area contributed by atoms with E-state index in [0.29, 0.717) is 28.9 Å². The number of nitrogen functional groups attached to an aromatic ring is 1. The molecule has 0 bridgehead atoms. The fraction of sp³-hybridized carbons (Fsp3) is 0.0182. The minimum atomic E-state index is 0.463. The number of aryl methyl sites for hydroxylation is 1. The summed E-state index contributed by atoms with van der Waals surface area (Å²) in [6, 6.07) is 66.3. The highest BCUT2D eigenvalue weighted by atomic mass is 32.1. The van der Waals surface area contributed by atoms with Gasteiger partial charge in [-0.25, -0.2) is 15.0 Å². The summed E-state index contributed by atoms with van der Waals surface area (Å²) in [5.74, 6) is 2.07. The van der Waals surface area contributed by atoms with Gasteiger partial charge in [0.15, 0.2) is 17.5 Å². The molecule has 3 N–H and O–H groups in total. The number of benzene rings is 8. The van der Waals surface area contributed by atoms with Crippen LogP contribution in [0, 0.1) is 12.3 Å². The summed E-state index contributed by atoms with van der Waals surface area (Å²) in [6.45, 7) is 2.17. The summed E-state index contributed by atoms with van der Waals surface area (Å²) >= 11 is 3.40. The molecular weight excluding hydrogens is 809 g/mol. The van der Waals surface area contributed by atoms with Gasteiger partial charge in [0.05, 0.1) is 27.3 Å². The lowest BCUT2D eigenvalue weighted by atomic mass is 10.0. The number of thiophene rings is 2. The van der Waals surface area contributed by atoms with Crippen LogP contribution in [-0.4, -0.2) is 25.2 Å². The average Bonchev–Trinajstić information content (AvgIpc) is 4.01. The smallest absolute Gasteiger partial charge is 0.164 e. The number of nitrogens with zero attached hydrogens (tertiary/aromatic N) is 4. The fourth-order valence-electron chi connectivity index (χ4n) is 8.52. The zero-order valence-corrected chi connectivity index (χ0v) is 35.8. The molecule has 0 aliphatic carbocycles. The zero-order chi connectivity index (χ0) is 42.4. The summed E-state index contributed by atoms with van der Waals surface area (Å²) in [5, 5.41) is 14.9. The Labute approximate surface area is 371 Å². The topological polar surface area (TPSA) is 93.5 Å². The average molecular weight is 847 g/mol. The molecule has 0 radical (unpaired) electrons. The molecule has 8 heteroatoms. The van der Waals surface area contributed by atoms with E-state index in [2.05, 4.69) is 115 Å². The summed E-state index contributed by atoms with van der Waals surface area (Å²) in [7, 11) is 0. The van der Waals surface area contributed by atoms with Gasteiger partial charge in [-0.05, 0) is 55.0 Å². The highest BCUT2D eigenvalue weighted by Crippen LogP contribution is 2.41. The molecule has 0 saturated heterocycles. The molecule has 63 heavy (non-hydrogen) atoms. The SMILES string of the molecule is Cc1cccc2sc3cccc(-c4nc(-c5ccccc5)nc(-c5ccccc5)n4)c3c12.N=C(c1ccc2c3ccccc3n(-c3ccccc3)c2c1)c1sc2ccccc2c1N. The first-order chi connectivity index (χ1) is 31.0. The first-order valence-electron chi connectivity index (χ1n) is 20.7. The summed E-state index contributed by atoms with van der Waals surface area (Å²) in [5.41, 5.74) is 16.1. The van der Waals surface area contributed by atoms with E-state index in [-0.39, 0.29) is 0 Å². The Morgan fingerprint density at radius 1 is 0.492 bits per heavy atom. The zero-order valence-electron chi connectivity index (χ0n) is 34.2. The number of aromatic nitrogens is 4. The van der Waals surface area contributed by atoms with E-state index in [9.17, 15) is 0 Å². The van der Waals surface area contributed by atoms with Gasteiger partial charge in [0.2, 0.25) is 0 Å². The molecule has 0 unspecified atom stereocenters. The lowest BCUT2D eigenvalue weighted by Crippen LogP contribution is -2.03. The second kappa shape index (κ2) is 15.9. The Morgan fingerprint density at radius 2 is 1.05 bits per heavy atom. The van der Waals surface area contributed by atoms with Gasteiger partial charge in [-0.15, -0.1) is 22.7 Å². The van der Waals surface area contributed by atoms with E-state index >= 15 is 0 Å². The second-order valence-corrected chi connectivity index (χ2v) is 17.5. The molecule has 8 aromatic carbocycles. The normalized spacial score (nSPS) is 11.4. The van der Waals surface area contributed by atoms with Crippen molar-refractivity contribution in [2.24, 2.45) is 0 Å². The number of para-hydroxylation sites is 2. The minimum Gasteiger partial charge on any atom is -0.397 e. The highest BCUT2D eigenvalue weighted by molar-refractivity contribution is 7.26. The molecule has 0 amide bonds. The van der Waals surface area contributed by atoms with Gasteiger partial charge >= 0.3 is 0 Å². The molecule has 12 aromatic rings. The standard InChI is InChI=1S/C28H19N3S.C27H19N3S/c1-18-10-8-16-22-24(18)25-21(15-9-17-23(25)32-22)28-30-26(19-11-4-2-5-12-19)29-27(31-28)20-13-6-3-7-14-20;28-25(27-26(29)21-11-5-7-13-24(21)31-27)17-14-15-20-19-10-4-6-12-22(19)30(23(20)16-17)18-8-2-1-3-9-18/h2-17H,1H3;1-16,28H,29H2. The minimum absolute atomic E-state index is 0.463. The number of fused-ring (bicyclic) bond motifs is 7. The van der Waals surface area contributed by atoms with Crippen LogP contribution in [0.1, 0.15) is 16.0 Å². The van der Waals surface area contributed by atoms with Gasteiger partial charge in [-0.2, -0.15) is 0 Å². The lowest BCUT2D eigenvalue weighted by molar-refractivity contribution is 1.08. The molecule has 0 saturated carbocycles. The molecule has 12 rings (SSSR count). The number of nitrogens with two attached hydrogens (primary N) is 1. The van der Waals surface area contributed by atoms with Crippen molar-refractivity contribution in [1.29, 1.82) is 5.41 Å². The lowest BCUT2D eigenvalue weighted by Gasteiger charge is -2.10. The van der Waals surface area contributed by atoms with Gasteiger partial charge in [-0.1, -0.05) is 152 Å². The molecule has 0 fully saturated rings. The van der Waals surface area contributed by atoms with Crippen molar-refractivity contribution in [1.82, 2.24) is 19.5 Å². The van der Waals surface area contributed by atoms with E-state index in [0.717, 1.165) is 53.9 Å². The van der Waals surface area contributed by atoms with Crippen LogP contribution < -0.4 is 5.73 Å². The van der Waals surface area contributed by atoms with E-state index < -0.39 is 0 Å². The van der Waals surface area contributed by atoms with Crippen LogP contribution in [0.3, 0.4) is 0 Å². The third-order valence-corrected chi connectivity index (χ3v) is 13.8. The van der Waals surface area contributed by atoms with Crippen LogP contribution >= 0.6 is 22.7 Å². The number of nitrogens with one attached hydrogen (secondary N) is 1. The Kier molecular flexibility index (Phi) is 9.64. The summed E-state index contributed by atoms with van der Waals surface area (Å²) in [4.78, 5) is 15.5. The van der Waals surface area contributed by atoms with Gasteiger partial charge < -0.3 is 10.3 Å². The van der Waals surface area contributed by atoms with Crippen LogP contribution in [-0.2, 0) is 0 Å². The largest absolute Gasteiger partial charge is 0.397 e. The third kappa shape index (κ3) is 6.82. The molecule has 6 nitrogen and oxygen atoms in total. The van der Waals surface area contributed by atoms with Crippen molar-refractivity contribution in [2.75, 3.05) is 5.73 Å². The maximum atomic E-state index is 8.95. The Bertz CT molecular complexity index is 3610. The van der Waals surface area contributed by atoms with Crippen LogP contribution in [0.25, 0.3) is 91.9 Å². The summed E-state index contributed by atoms with van der Waals surface area (Å²) in [6.07, 6.45) is 0. The van der Waals surface area contributed by atoms with E-state index in [1.807, 2.05) is 102 Å². The highest BCUT2D eigenvalue weighted by Gasteiger charge is 2.20. The Hall–Kier alpha value is -7.78. The first-order valence-corrected chi connectivity index (χ1v) is 22.4. The molecule has 0 atom stereocenters. The van der Waals surface area contributed by atoms with Gasteiger partial charge in [0, 0.05) is 69.0 Å². The van der Waals surface area contributed by atoms with Crippen molar-refractivity contribution < 1.29 is 0 Å². The van der Waals surface area contributed by atoms with Gasteiger partial charge in [-0.3, -0.25) is 5.41 Å². The van der Waals surface area contributed by atoms with Crippen molar-refractivity contribution in [2.45, 2.75) is 6.92 Å². The maximum Gasteiger partial charge on any atom is 0.164 e. The molecule has 0 aliphatic rings. The molecule has 0 spiro atoms. The van der Waals surface area contributed by atoms with Gasteiger partial charge in [0.1, 0.15) is 0 Å². The Morgan fingerprint density at radius 3 is 1.75 bits per heavy atom. The quantitative estimate of drug-likeness (QED) is 0.163. The monoisotopic (exact) mass is 846 g/mol. The predicted octanol–water partition coefficient (Wildman–Crippen LogP) is 14.5. The predicted molar refractivity (Wildman–Crippen MR) is 267 cm³/mol. The van der Waals surface area contributed by atoms with E-state index in [1.54, 1.807) is 11.3 Å². The van der Waals surface area contributed by atoms with Crippen molar-refractivity contribution >= 4 is 86.1 Å². The van der Waals surface area contributed by atoms with Crippen LogP contribution in [0.2, 0.25) is 0 Å². The Balaban J connectivity index is 0.000000141. The number of hydrogen-bond acceptors (Lipinski definition) is 7. The van der Waals surface area contributed by atoms with Gasteiger partial charge in [0.25, 0.3) is 0 Å². The van der Waals surface area contributed by atoms with Crippen molar-refractivity contribution in [3.05, 3.63) is 210 Å². The molecule has 300 valence electrons. The van der Waals surface area contributed by atoms with E-state index in [1.165, 1.54) is 36.5 Å². The van der Waals surface area contributed by atoms with Crippen molar-refractivity contribution in [3.63, 3.8) is 0 Å².